The smallest absolute Gasteiger partial charge is 0.243 e. The molecule has 182 valence electrons. The number of ether oxygens (including phenoxy) is 2. The van der Waals surface area contributed by atoms with Gasteiger partial charge in [-0.05, 0) is 38.0 Å². The SMILES string of the molecule is CCOc1ccc(NC(=O)CN(C)C(=O)[C@H]2CC(=O)N(CCc3ccccc3)C2)cc1OCC. The third-order valence-corrected chi connectivity index (χ3v) is 5.66. The van der Waals surface area contributed by atoms with Crippen LogP contribution in [0.5, 0.6) is 11.5 Å². The van der Waals surface area contributed by atoms with Gasteiger partial charge < -0.3 is 24.6 Å². The second-order valence-electron chi connectivity index (χ2n) is 8.25. The molecule has 3 rings (SSSR count). The summed E-state index contributed by atoms with van der Waals surface area (Å²) in [6.45, 7) is 5.59. The molecule has 0 bridgehead atoms. The Kier molecular flexibility index (Phi) is 8.90. The Bertz CT molecular complexity index is 995. The van der Waals surface area contributed by atoms with E-state index in [2.05, 4.69) is 5.32 Å². The highest BCUT2D eigenvalue weighted by Crippen LogP contribution is 2.30. The molecule has 8 heteroatoms. The van der Waals surface area contributed by atoms with Crippen LogP contribution >= 0.6 is 0 Å². The second kappa shape index (κ2) is 12.1. The fourth-order valence-corrected chi connectivity index (χ4v) is 4.00. The van der Waals surface area contributed by atoms with Gasteiger partial charge in [0.15, 0.2) is 11.5 Å². The Labute approximate surface area is 200 Å². The van der Waals surface area contributed by atoms with Gasteiger partial charge in [0, 0.05) is 38.3 Å². The lowest BCUT2D eigenvalue weighted by Crippen LogP contribution is -2.39. The standard InChI is InChI=1S/C26H33N3O5/c1-4-33-22-12-11-21(16-23(22)34-5-2)27-24(30)18-28(3)26(32)20-15-25(31)29(17-20)14-13-19-9-7-6-8-10-19/h6-12,16,20H,4-5,13-15,17-18H2,1-3H3,(H,27,30)/t20-/m0/s1. The van der Waals surface area contributed by atoms with E-state index in [9.17, 15) is 14.4 Å². The molecule has 2 aromatic carbocycles. The first kappa shape index (κ1) is 25.1. The van der Waals surface area contributed by atoms with E-state index in [4.69, 9.17) is 9.47 Å². The van der Waals surface area contributed by atoms with Crippen molar-refractivity contribution in [3.05, 3.63) is 54.1 Å². The van der Waals surface area contributed by atoms with Crippen LogP contribution in [0.1, 0.15) is 25.8 Å². The van der Waals surface area contributed by atoms with Gasteiger partial charge in [-0.15, -0.1) is 0 Å². The van der Waals surface area contributed by atoms with E-state index in [1.807, 2.05) is 44.2 Å². The largest absolute Gasteiger partial charge is 0.490 e. The molecule has 1 atom stereocenters. The van der Waals surface area contributed by atoms with Crippen LogP contribution in [0.3, 0.4) is 0 Å². The van der Waals surface area contributed by atoms with Crippen molar-refractivity contribution < 1.29 is 23.9 Å². The normalized spacial score (nSPS) is 15.2. The number of likely N-dealkylation sites (N-methyl/N-ethyl adjacent to an activating group) is 1. The molecular formula is C26H33N3O5. The molecule has 1 heterocycles. The summed E-state index contributed by atoms with van der Waals surface area (Å²) in [5.41, 5.74) is 1.71. The summed E-state index contributed by atoms with van der Waals surface area (Å²) in [5.74, 6) is 0.171. The number of carbonyl (C=O) groups excluding carboxylic acids is 3. The first-order valence-corrected chi connectivity index (χ1v) is 11.7. The number of carbonyl (C=O) groups is 3. The molecule has 2 aromatic rings. The number of nitrogens with one attached hydrogen (secondary N) is 1. The van der Waals surface area contributed by atoms with Crippen molar-refractivity contribution in [2.24, 2.45) is 5.92 Å². The summed E-state index contributed by atoms with van der Waals surface area (Å²) in [7, 11) is 1.59. The van der Waals surface area contributed by atoms with Gasteiger partial charge in [-0.3, -0.25) is 14.4 Å². The average Bonchev–Trinajstić information content (AvgIpc) is 3.20. The van der Waals surface area contributed by atoms with Crippen LogP contribution in [0, 0.1) is 5.92 Å². The Morgan fingerprint density at radius 2 is 1.76 bits per heavy atom. The number of benzene rings is 2. The van der Waals surface area contributed by atoms with E-state index in [0.29, 0.717) is 43.5 Å². The monoisotopic (exact) mass is 467 g/mol. The minimum absolute atomic E-state index is 0.0232. The molecule has 0 saturated carbocycles. The first-order valence-electron chi connectivity index (χ1n) is 11.7. The van der Waals surface area contributed by atoms with E-state index >= 15 is 0 Å². The predicted octanol–water partition coefficient (Wildman–Crippen LogP) is 2.97. The van der Waals surface area contributed by atoms with Crippen molar-refractivity contribution in [1.29, 1.82) is 0 Å². The van der Waals surface area contributed by atoms with Crippen molar-refractivity contribution >= 4 is 23.4 Å². The lowest BCUT2D eigenvalue weighted by atomic mass is 10.1. The molecule has 1 N–H and O–H groups in total. The molecule has 34 heavy (non-hydrogen) atoms. The lowest BCUT2D eigenvalue weighted by molar-refractivity contribution is -0.137. The highest BCUT2D eigenvalue weighted by Gasteiger charge is 2.35. The number of hydrogen-bond acceptors (Lipinski definition) is 5. The van der Waals surface area contributed by atoms with E-state index in [-0.39, 0.29) is 30.7 Å². The van der Waals surface area contributed by atoms with Crippen LogP contribution in [-0.4, -0.2) is 67.4 Å². The molecule has 1 aliphatic rings. The quantitative estimate of drug-likeness (QED) is 0.549. The topological polar surface area (TPSA) is 88.2 Å². The van der Waals surface area contributed by atoms with Gasteiger partial charge in [0.05, 0.1) is 25.7 Å². The minimum Gasteiger partial charge on any atom is -0.490 e. The summed E-state index contributed by atoms with van der Waals surface area (Å²) >= 11 is 0. The van der Waals surface area contributed by atoms with Crippen molar-refractivity contribution in [2.45, 2.75) is 26.7 Å². The third kappa shape index (κ3) is 6.73. The van der Waals surface area contributed by atoms with Gasteiger partial charge in [-0.2, -0.15) is 0 Å². The zero-order chi connectivity index (χ0) is 24.5. The molecule has 1 aliphatic heterocycles. The molecule has 0 radical (unpaired) electrons. The molecule has 0 spiro atoms. The molecule has 3 amide bonds. The summed E-state index contributed by atoms with van der Waals surface area (Å²) in [5, 5.41) is 2.80. The molecular weight excluding hydrogens is 434 g/mol. The molecule has 1 fully saturated rings. The van der Waals surface area contributed by atoms with Gasteiger partial charge in [-0.25, -0.2) is 0 Å². The minimum atomic E-state index is -0.434. The first-order chi connectivity index (χ1) is 16.4. The summed E-state index contributed by atoms with van der Waals surface area (Å²) < 4.78 is 11.1. The number of rotatable bonds is 11. The maximum atomic E-state index is 12.9. The molecule has 0 aliphatic carbocycles. The van der Waals surface area contributed by atoms with Crippen LogP contribution in [0.2, 0.25) is 0 Å². The average molecular weight is 468 g/mol. The van der Waals surface area contributed by atoms with Crippen molar-refractivity contribution in [2.75, 3.05) is 45.2 Å². The summed E-state index contributed by atoms with van der Waals surface area (Å²) in [6, 6.07) is 15.1. The van der Waals surface area contributed by atoms with Crippen LogP contribution in [0.15, 0.2) is 48.5 Å². The van der Waals surface area contributed by atoms with Gasteiger partial charge in [0.1, 0.15) is 0 Å². The Balaban J connectivity index is 1.51. The predicted molar refractivity (Wildman–Crippen MR) is 130 cm³/mol. The third-order valence-electron chi connectivity index (χ3n) is 5.66. The van der Waals surface area contributed by atoms with Crippen LogP contribution in [0.4, 0.5) is 5.69 Å². The zero-order valence-electron chi connectivity index (χ0n) is 20.1. The Morgan fingerprint density at radius 1 is 1.06 bits per heavy atom. The molecule has 1 saturated heterocycles. The number of anilines is 1. The highest BCUT2D eigenvalue weighted by molar-refractivity contribution is 5.96. The molecule has 8 nitrogen and oxygen atoms in total. The number of hydrogen-bond donors (Lipinski definition) is 1. The van der Waals surface area contributed by atoms with Gasteiger partial charge in [0.25, 0.3) is 0 Å². The fraction of sp³-hybridized carbons (Fsp3) is 0.423. The van der Waals surface area contributed by atoms with Gasteiger partial charge in [-0.1, -0.05) is 30.3 Å². The van der Waals surface area contributed by atoms with Gasteiger partial charge in [0.2, 0.25) is 17.7 Å². The van der Waals surface area contributed by atoms with Crippen LogP contribution in [-0.2, 0) is 20.8 Å². The number of likely N-dealkylation sites (tertiary alicyclic amines) is 1. The van der Waals surface area contributed by atoms with Crippen molar-refractivity contribution in [3.63, 3.8) is 0 Å². The van der Waals surface area contributed by atoms with E-state index in [1.54, 1.807) is 30.1 Å². The number of amides is 3. The van der Waals surface area contributed by atoms with Crippen molar-refractivity contribution in [1.82, 2.24) is 9.80 Å². The fourth-order valence-electron chi connectivity index (χ4n) is 4.00. The van der Waals surface area contributed by atoms with E-state index in [1.165, 1.54) is 4.90 Å². The molecule has 0 aromatic heterocycles. The maximum absolute atomic E-state index is 12.9. The Hall–Kier alpha value is -3.55. The van der Waals surface area contributed by atoms with Crippen molar-refractivity contribution in [3.8, 4) is 11.5 Å². The van der Waals surface area contributed by atoms with E-state index < -0.39 is 5.92 Å². The summed E-state index contributed by atoms with van der Waals surface area (Å²) in [6.07, 6.45) is 0.924. The zero-order valence-corrected chi connectivity index (χ0v) is 20.1. The molecule has 0 unspecified atom stereocenters. The number of nitrogens with zero attached hydrogens (tertiary/aromatic N) is 2. The Morgan fingerprint density at radius 3 is 2.47 bits per heavy atom. The maximum Gasteiger partial charge on any atom is 0.243 e. The van der Waals surface area contributed by atoms with Gasteiger partial charge >= 0.3 is 0 Å². The van der Waals surface area contributed by atoms with Crippen LogP contribution < -0.4 is 14.8 Å². The summed E-state index contributed by atoms with van der Waals surface area (Å²) in [4.78, 5) is 41.0. The highest BCUT2D eigenvalue weighted by atomic mass is 16.5. The van der Waals surface area contributed by atoms with Crippen LogP contribution in [0.25, 0.3) is 0 Å². The lowest BCUT2D eigenvalue weighted by Gasteiger charge is -2.21. The second-order valence-corrected chi connectivity index (χ2v) is 8.25. The van der Waals surface area contributed by atoms with E-state index in [0.717, 1.165) is 12.0 Å².